The third-order valence-corrected chi connectivity index (χ3v) is 2.55. The molecule has 5 heteroatoms. The topological polar surface area (TPSA) is 88.2 Å². The summed E-state index contributed by atoms with van der Waals surface area (Å²) in [4.78, 5) is 15.8. The van der Waals surface area contributed by atoms with Crippen molar-refractivity contribution in [2.75, 3.05) is 11.9 Å². The maximum absolute atomic E-state index is 12.1. The number of nitrogens with zero attached hydrogens (tertiary/aromatic N) is 1. The second kappa shape index (κ2) is 6.36. The van der Waals surface area contributed by atoms with E-state index in [1.165, 1.54) is 18.5 Å². The first kappa shape index (κ1) is 13.6. The number of aromatic hydroxyl groups is 1. The first-order valence-corrected chi connectivity index (χ1v) is 5.94. The van der Waals surface area contributed by atoms with E-state index in [9.17, 15) is 9.90 Å². The molecule has 4 N–H and O–H groups in total. The molecule has 1 aromatic carbocycles. The second-order valence-corrected chi connectivity index (χ2v) is 3.90. The quantitative estimate of drug-likeness (QED) is 0.717. The lowest BCUT2D eigenvalue weighted by Crippen LogP contribution is -2.13. The number of pyridine rings is 1. The van der Waals surface area contributed by atoms with Gasteiger partial charge in [0.2, 0.25) is 0 Å². The Morgan fingerprint density at radius 2 is 2.15 bits per heavy atom. The van der Waals surface area contributed by atoms with Crippen LogP contribution in [0.15, 0.2) is 42.7 Å². The summed E-state index contributed by atoms with van der Waals surface area (Å²) in [6.07, 6.45) is 2.66. The van der Waals surface area contributed by atoms with Crippen molar-refractivity contribution in [3.63, 3.8) is 0 Å². The first-order chi connectivity index (χ1) is 9.72. The Morgan fingerprint density at radius 3 is 2.90 bits per heavy atom. The second-order valence-electron chi connectivity index (χ2n) is 3.90. The fourth-order valence-corrected chi connectivity index (χ4v) is 1.62. The Hall–Kier alpha value is -2.84. The molecule has 2 aromatic rings. The normalized spacial score (nSPS) is 9.45. The number of anilines is 1. The van der Waals surface area contributed by atoms with Crippen LogP contribution in [-0.2, 0) is 0 Å². The molecule has 1 heterocycles. The maximum atomic E-state index is 12.1. The van der Waals surface area contributed by atoms with Crippen LogP contribution < -0.4 is 11.1 Å². The fourth-order valence-electron chi connectivity index (χ4n) is 1.62. The zero-order valence-corrected chi connectivity index (χ0v) is 10.6. The average molecular weight is 267 g/mol. The highest BCUT2D eigenvalue weighted by atomic mass is 16.3. The van der Waals surface area contributed by atoms with Crippen LogP contribution in [0.5, 0.6) is 5.75 Å². The minimum absolute atomic E-state index is 0.154. The molecule has 0 radical (unpaired) electrons. The highest BCUT2D eigenvalue weighted by Gasteiger charge is 2.12. The van der Waals surface area contributed by atoms with Crippen molar-refractivity contribution < 1.29 is 9.90 Å². The predicted molar refractivity (Wildman–Crippen MR) is 76.2 cm³/mol. The minimum atomic E-state index is -0.424. The van der Waals surface area contributed by atoms with Gasteiger partial charge in [-0.15, -0.1) is 0 Å². The van der Waals surface area contributed by atoms with Crippen LogP contribution in [0.4, 0.5) is 5.69 Å². The van der Waals surface area contributed by atoms with Crippen LogP contribution >= 0.6 is 0 Å². The largest absolute Gasteiger partial charge is 0.505 e. The molecule has 100 valence electrons. The zero-order valence-electron chi connectivity index (χ0n) is 10.6. The molecule has 20 heavy (non-hydrogen) atoms. The number of aromatic nitrogens is 1. The van der Waals surface area contributed by atoms with E-state index in [1.54, 1.807) is 18.2 Å². The van der Waals surface area contributed by atoms with Gasteiger partial charge < -0.3 is 16.2 Å². The Morgan fingerprint density at radius 1 is 1.35 bits per heavy atom. The van der Waals surface area contributed by atoms with Gasteiger partial charge in [0.05, 0.1) is 24.0 Å². The third kappa shape index (κ3) is 3.13. The molecule has 0 atom stereocenters. The van der Waals surface area contributed by atoms with E-state index in [2.05, 4.69) is 22.1 Å². The number of para-hydroxylation sites is 1. The van der Waals surface area contributed by atoms with Crippen LogP contribution in [0.2, 0.25) is 0 Å². The maximum Gasteiger partial charge on any atom is 0.259 e. The van der Waals surface area contributed by atoms with Crippen molar-refractivity contribution in [2.45, 2.75) is 0 Å². The number of hydrogen-bond donors (Lipinski definition) is 3. The van der Waals surface area contributed by atoms with Gasteiger partial charge in [0, 0.05) is 11.8 Å². The van der Waals surface area contributed by atoms with Gasteiger partial charge in [0.25, 0.3) is 5.91 Å². The van der Waals surface area contributed by atoms with Gasteiger partial charge >= 0.3 is 0 Å². The van der Waals surface area contributed by atoms with Crippen LogP contribution in [0, 0.1) is 11.8 Å². The van der Waals surface area contributed by atoms with E-state index in [4.69, 9.17) is 5.73 Å². The zero-order chi connectivity index (χ0) is 14.4. The average Bonchev–Trinajstić information content (AvgIpc) is 2.46. The first-order valence-electron chi connectivity index (χ1n) is 5.94. The fraction of sp³-hybridized carbons (Fsp3) is 0.0667. The molecule has 1 amide bonds. The van der Waals surface area contributed by atoms with Gasteiger partial charge in [-0.3, -0.25) is 9.78 Å². The van der Waals surface area contributed by atoms with Gasteiger partial charge in [-0.05, 0) is 18.2 Å². The van der Waals surface area contributed by atoms with Crippen molar-refractivity contribution in [3.8, 4) is 17.6 Å². The summed E-state index contributed by atoms with van der Waals surface area (Å²) in [6, 6.07) is 8.57. The summed E-state index contributed by atoms with van der Waals surface area (Å²) >= 11 is 0. The van der Waals surface area contributed by atoms with E-state index < -0.39 is 5.91 Å². The molecule has 2 rings (SSSR count). The van der Waals surface area contributed by atoms with Gasteiger partial charge in [0.15, 0.2) is 0 Å². The number of nitrogens with one attached hydrogen (secondary N) is 1. The molecule has 0 aliphatic carbocycles. The number of hydrogen-bond acceptors (Lipinski definition) is 4. The molecule has 0 spiro atoms. The monoisotopic (exact) mass is 267 g/mol. The third-order valence-electron chi connectivity index (χ3n) is 2.55. The van der Waals surface area contributed by atoms with Crippen molar-refractivity contribution in [1.29, 1.82) is 0 Å². The van der Waals surface area contributed by atoms with Gasteiger partial charge in [-0.2, -0.15) is 0 Å². The molecule has 5 nitrogen and oxygen atoms in total. The molecule has 0 aliphatic rings. The van der Waals surface area contributed by atoms with E-state index in [1.807, 2.05) is 6.07 Å². The Labute approximate surface area is 116 Å². The van der Waals surface area contributed by atoms with Crippen LogP contribution in [-0.4, -0.2) is 22.5 Å². The van der Waals surface area contributed by atoms with Crippen molar-refractivity contribution in [3.05, 3.63) is 53.9 Å². The Balaban J connectivity index is 2.27. The van der Waals surface area contributed by atoms with E-state index in [0.29, 0.717) is 11.3 Å². The van der Waals surface area contributed by atoms with Gasteiger partial charge in [-0.25, -0.2) is 0 Å². The van der Waals surface area contributed by atoms with Crippen LogP contribution in [0.1, 0.15) is 15.9 Å². The molecular formula is C15H13N3O2. The highest BCUT2D eigenvalue weighted by molar-refractivity contribution is 6.06. The van der Waals surface area contributed by atoms with E-state index in [0.717, 1.165) is 0 Å². The molecule has 0 saturated heterocycles. The summed E-state index contributed by atoms with van der Waals surface area (Å²) in [5, 5.41) is 12.3. The number of benzene rings is 1. The number of rotatable bonds is 2. The molecule has 0 fully saturated rings. The number of carbonyl (C=O) groups excluding carboxylic acids is 1. The molecule has 1 aromatic heterocycles. The van der Waals surface area contributed by atoms with Crippen molar-refractivity contribution >= 4 is 11.6 Å². The van der Waals surface area contributed by atoms with E-state index >= 15 is 0 Å². The van der Waals surface area contributed by atoms with Gasteiger partial charge in [0.1, 0.15) is 5.75 Å². The van der Waals surface area contributed by atoms with Crippen LogP contribution in [0.3, 0.4) is 0 Å². The molecule has 0 unspecified atom stereocenters. The summed E-state index contributed by atoms with van der Waals surface area (Å²) < 4.78 is 0. The van der Waals surface area contributed by atoms with Crippen LogP contribution in [0.25, 0.3) is 0 Å². The summed E-state index contributed by atoms with van der Waals surface area (Å²) in [7, 11) is 0. The Kier molecular flexibility index (Phi) is 4.32. The molecule has 0 bridgehead atoms. The molecule has 0 aliphatic heterocycles. The van der Waals surface area contributed by atoms with E-state index in [-0.39, 0.29) is 17.9 Å². The minimum Gasteiger partial charge on any atom is -0.505 e. The Bertz CT molecular complexity index is 687. The lowest BCUT2D eigenvalue weighted by atomic mass is 10.1. The lowest BCUT2D eigenvalue weighted by Gasteiger charge is -2.08. The number of nitrogens with two attached hydrogens (primary N) is 1. The summed E-state index contributed by atoms with van der Waals surface area (Å²) in [5.74, 6) is 5.02. The van der Waals surface area contributed by atoms with Gasteiger partial charge in [-0.1, -0.05) is 24.0 Å². The molecular weight excluding hydrogens is 254 g/mol. The van der Waals surface area contributed by atoms with Crippen molar-refractivity contribution in [2.24, 2.45) is 5.73 Å². The summed E-state index contributed by atoms with van der Waals surface area (Å²) in [5.41, 5.74) is 6.72. The molecule has 0 saturated carbocycles. The highest BCUT2D eigenvalue weighted by Crippen LogP contribution is 2.18. The number of carbonyl (C=O) groups is 1. The smallest absolute Gasteiger partial charge is 0.259 e. The lowest BCUT2D eigenvalue weighted by molar-refractivity contribution is 0.102. The SMILES string of the molecule is NCC#Cc1ccccc1NC(=O)c1ccncc1O. The standard InChI is InChI=1S/C15H13N3O2/c16-8-3-5-11-4-1-2-6-13(11)18-15(20)12-7-9-17-10-14(12)19/h1-2,4,6-7,9-10,19H,8,16H2,(H,18,20). The summed E-state index contributed by atoms with van der Waals surface area (Å²) in [6.45, 7) is 0.243. The van der Waals surface area contributed by atoms with Crippen molar-refractivity contribution in [1.82, 2.24) is 4.98 Å². The predicted octanol–water partition coefficient (Wildman–Crippen LogP) is 1.35. The number of amides is 1.